The van der Waals surface area contributed by atoms with Gasteiger partial charge < -0.3 is 10.6 Å². The Morgan fingerprint density at radius 2 is 1.94 bits per heavy atom. The number of hydrogen-bond acceptors (Lipinski definition) is 5. The molecule has 2 aromatic carbocycles. The largest absolute Gasteiger partial charge is 0.356 e. The maximum absolute atomic E-state index is 13.0. The predicted octanol–water partition coefficient (Wildman–Crippen LogP) is 2.07. The molecule has 32 heavy (non-hydrogen) atoms. The first-order valence-electron chi connectivity index (χ1n) is 10.7. The van der Waals surface area contributed by atoms with Crippen LogP contribution in [0.4, 0.5) is 0 Å². The molecule has 170 valence electrons. The Balaban J connectivity index is 1.76. The van der Waals surface area contributed by atoms with Crippen LogP contribution in [0.25, 0.3) is 10.8 Å². The molecule has 3 N–H and O–H groups in total. The van der Waals surface area contributed by atoms with Crippen LogP contribution in [0, 0.1) is 23.2 Å². The molecule has 1 heterocycles. The summed E-state index contributed by atoms with van der Waals surface area (Å²) in [5, 5.41) is 16.5. The third kappa shape index (κ3) is 5.84. The number of nitriles is 1. The highest BCUT2D eigenvalue weighted by Crippen LogP contribution is 2.20. The van der Waals surface area contributed by atoms with E-state index in [0.29, 0.717) is 13.0 Å². The molecule has 9 heteroatoms. The summed E-state index contributed by atoms with van der Waals surface area (Å²) in [6.45, 7) is 4.32. The van der Waals surface area contributed by atoms with Crippen LogP contribution in [0.3, 0.4) is 0 Å². The van der Waals surface area contributed by atoms with Crippen molar-refractivity contribution in [2.75, 3.05) is 6.54 Å². The summed E-state index contributed by atoms with van der Waals surface area (Å²) < 4.78 is 28.6. The lowest BCUT2D eigenvalue weighted by molar-refractivity contribution is -0.125. The van der Waals surface area contributed by atoms with Crippen LogP contribution in [-0.4, -0.2) is 38.9 Å². The lowest BCUT2D eigenvalue weighted by Gasteiger charge is -2.22. The van der Waals surface area contributed by atoms with Crippen molar-refractivity contribution in [2.45, 2.75) is 50.1 Å². The van der Waals surface area contributed by atoms with Gasteiger partial charge in [0.15, 0.2) is 0 Å². The highest BCUT2D eigenvalue weighted by Gasteiger charge is 2.31. The Labute approximate surface area is 188 Å². The highest BCUT2D eigenvalue weighted by molar-refractivity contribution is 7.89. The summed E-state index contributed by atoms with van der Waals surface area (Å²) in [6, 6.07) is 12.3. The van der Waals surface area contributed by atoms with Gasteiger partial charge in [0.05, 0.1) is 11.0 Å². The predicted molar refractivity (Wildman–Crippen MR) is 121 cm³/mol. The van der Waals surface area contributed by atoms with E-state index in [-0.39, 0.29) is 35.5 Å². The lowest BCUT2D eigenvalue weighted by Crippen LogP contribution is -2.50. The van der Waals surface area contributed by atoms with E-state index < -0.39 is 28.0 Å². The van der Waals surface area contributed by atoms with Gasteiger partial charge in [-0.25, -0.2) is 8.42 Å². The molecule has 0 saturated carbocycles. The lowest BCUT2D eigenvalue weighted by atomic mass is 9.98. The maximum Gasteiger partial charge on any atom is 0.241 e. The first-order chi connectivity index (χ1) is 15.2. The Morgan fingerprint density at radius 1 is 1.22 bits per heavy atom. The second-order valence-corrected chi connectivity index (χ2v) is 10.2. The van der Waals surface area contributed by atoms with Crippen LogP contribution >= 0.6 is 0 Å². The van der Waals surface area contributed by atoms with Gasteiger partial charge in [-0.3, -0.25) is 9.59 Å². The first kappa shape index (κ1) is 23.7. The normalized spacial score (nSPS) is 18.2. The van der Waals surface area contributed by atoms with Crippen molar-refractivity contribution in [3.63, 3.8) is 0 Å². The fourth-order valence-corrected chi connectivity index (χ4v) is 5.08. The summed E-state index contributed by atoms with van der Waals surface area (Å²) in [5.74, 6) is -1.01. The zero-order valence-corrected chi connectivity index (χ0v) is 19.0. The number of amides is 2. The number of carbonyl (C=O) groups excluding carboxylic acids is 2. The fourth-order valence-electron chi connectivity index (χ4n) is 3.84. The minimum atomic E-state index is -3.97. The van der Waals surface area contributed by atoms with E-state index in [9.17, 15) is 23.3 Å². The van der Waals surface area contributed by atoms with Crippen LogP contribution in [0.5, 0.6) is 0 Å². The number of carbonyl (C=O) groups is 2. The van der Waals surface area contributed by atoms with Crippen LogP contribution in [-0.2, 0) is 19.6 Å². The molecule has 0 aliphatic carbocycles. The smallest absolute Gasteiger partial charge is 0.241 e. The number of hydrogen-bond donors (Lipinski definition) is 3. The zero-order valence-electron chi connectivity index (χ0n) is 18.2. The average molecular weight is 457 g/mol. The van der Waals surface area contributed by atoms with Crippen molar-refractivity contribution in [1.82, 2.24) is 15.4 Å². The molecule has 2 amide bonds. The van der Waals surface area contributed by atoms with Gasteiger partial charge in [-0.05, 0) is 48.1 Å². The van der Waals surface area contributed by atoms with Gasteiger partial charge in [0.25, 0.3) is 0 Å². The second-order valence-electron chi connectivity index (χ2n) is 8.51. The summed E-state index contributed by atoms with van der Waals surface area (Å²) >= 11 is 0. The molecule has 3 rings (SSSR count). The number of nitrogens with zero attached hydrogens (tertiary/aromatic N) is 1. The fraction of sp³-hybridized carbons (Fsp3) is 0.435. The van der Waals surface area contributed by atoms with Gasteiger partial charge in [0.1, 0.15) is 12.1 Å². The van der Waals surface area contributed by atoms with Gasteiger partial charge in [0, 0.05) is 12.5 Å². The van der Waals surface area contributed by atoms with Crippen molar-refractivity contribution < 1.29 is 18.0 Å². The van der Waals surface area contributed by atoms with Crippen molar-refractivity contribution in [2.24, 2.45) is 11.8 Å². The van der Waals surface area contributed by atoms with Gasteiger partial charge >= 0.3 is 0 Å². The topological polar surface area (TPSA) is 128 Å². The van der Waals surface area contributed by atoms with Gasteiger partial charge in [-0.1, -0.05) is 44.2 Å². The molecule has 1 fully saturated rings. The second kappa shape index (κ2) is 10.1. The van der Waals surface area contributed by atoms with E-state index in [1.165, 1.54) is 6.07 Å². The Hall–Kier alpha value is -2.96. The number of rotatable bonds is 9. The van der Waals surface area contributed by atoms with Crippen molar-refractivity contribution in [1.29, 1.82) is 5.26 Å². The summed E-state index contributed by atoms with van der Waals surface area (Å²) in [4.78, 5) is 24.8. The Morgan fingerprint density at radius 3 is 2.56 bits per heavy atom. The van der Waals surface area contributed by atoms with E-state index >= 15 is 0 Å². The average Bonchev–Trinajstić information content (AvgIpc) is 3.16. The number of sulfonamides is 1. The van der Waals surface area contributed by atoms with Crippen molar-refractivity contribution in [3.8, 4) is 6.07 Å². The monoisotopic (exact) mass is 456 g/mol. The molecule has 0 spiro atoms. The van der Waals surface area contributed by atoms with E-state index in [0.717, 1.165) is 10.8 Å². The molecule has 0 aromatic heterocycles. The van der Waals surface area contributed by atoms with Crippen LogP contribution in [0.15, 0.2) is 47.4 Å². The first-order valence-corrected chi connectivity index (χ1v) is 12.2. The maximum atomic E-state index is 13.0. The number of nitrogens with one attached hydrogen (secondary N) is 3. The molecule has 0 radical (unpaired) electrons. The standard InChI is InChI=1S/C23H28N4O4S/c1-15(2)11-21(23(29)26-19(14-24)12-18-9-10-25-22(18)28)27-32(30,31)20-8-7-16-5-3-4-6-17(16)13-20/h3-8,13,15,18-19,21,27H,9-12H2,1-2H3,(H,25,28)(H,26,29)/t18-,19?,21-/m0/s1. The van der Waals surface area contributed by atoms with Gasteiger partial charge in [-0.15, -0.1) is 0 Å². The van der Waals surface area contributed by atoms with Crippen molar-refractivity contribution in [3.05, 3.63) is 42.5 Å². The van der Waals surface area contributed by atoms with E-state index in [2.05, 4.69) is 15.4 Å². The van der Waals surface area contributed by atoms with E-state index in [1.54, 1.807) is 12.1 Å². The van der Waals surface area contributed by atoms with Crippen LogP contribution < -0.4 is 15.4 Å². The molecule has 1 saturated heterocycles. The number of fused-ring (bicyclic) bond motifs is 1. The minimum Gasteiger partial charge on any atom is -0.356 e. The molecule has 1 aliphatic rings. The summed E-state index contributed by atoms with van der Waals surface area (Å²) in [5.41, 5.74) is 0. The molecular weight excluding hydrogens is 428 g/mol. The highest BCUT2D eigenvalue weighted by atomic mass is 32.2. The third-order valence-electron chi connectivity index (χ3n) is 5.51. The van der Waals surface area contributed by atoms with Crippen LogP contribution in [0.2, 0.25) is 0 Å². The number of benzene rings is 2. The molecule has 0 bridgehead atoms. The van der Waals surface area contributed by atoms with E-state index in [1.807, 2.05) is 44.2 Å². The SMILES string of the molecule is CC(C)C[C@H](NS(=O)(=O)c1ccc2ccccc2c1)C(=O)NC(C#N)C[C@@H]1CCNC1=O. The molecule has 8 nitrogen and oxygen atoms in total. The quantitative estimate of drug-likeness (QED) is 0.532. The van der Waals surface area contributed by atoms with Gasteiger partial charge in [-0.2, -0.15) is 9.98 Å². The summed E-state index contributed by atoms with van der Waals surface area (Å²) in [6.07, 6.45) is 1.07. The molecule has 1 aliphatic heterocycles. The summed E-state index contributed by atoms with van der Waals surface area (Å²) in [7, 11) is -3.97. The zero-order chi connectivity index (χ0) is 23.3. The third-order valence-corrected chi connectivity index (χ3v) is 6.98. The molecule has 2 aromatic rings. The molecule has 3 atom stereocenters. The van der Waals surface area contributed by atoms with Crippen molar-refractivity contribution >= 4 is 32.6 Å². The Kier molecular flexibility index (Phi) is 7.48. The molecule has 1 unspecified atom stereocenters. The van der Waals surface area contributed by atoms with Crippen LogP contribution in [0.1, 0.15) is 33.1 Å². The van der Waals surface area contributed by atoms with Gasteiger partial charge in [0.2, 0.25) is 21.8 Å². The van der Waals surface area contributed by atoms with E-state index in [4.69, 9.17) is 0 Å². The Bertz CT molecular complexity index is 1140. The molecular formula is C23H28N4O4S. The minimum absolute atomic E-state index is 0.0335.